The smallest absolute Gasteiger partial charge is 0.111 e. The number of likely N-dealkylation sites (N-methyl/N-ethyl adjacent to an activating group) is 1. The molecule has 0 fully saturated rings. The highest BCUT2D eigenvalue weighted by atomic mass is 32.1. The van der Waals surface area contributed by atoms with Crippen molar-refractivity contribution >= 4 is 22.6 Å². The molecule has 5 nitrogen and oxygen atoms in total. The number of aryl methyl sites for hydroxylation is 1. The van der Waals surface area contributed by atoms with Crippen molar-refractivity contribution in [2.24, 2.45) is 7.05 Å². The van der Waals surface area contributed by atoms with Crippen LogP contribution >= 0.6 is 11.5 Å². The fourth-order valence-electron chi connectivity index (χ4n) is 2.41. The molecule has 1 atom stereocenters. The third kappa shape index (κ3) is 2.44. The van der Waals surface area contributed by atoms with Crippen molar-refractivity contribution in [3.63, 3.8) is 0 Å². The van der Waals surface area contributed by atoms with Gasteiger partial charge in [0, 0.05) is 18.8 Å². The number of imidazole rings is 1. The van der Waals surface area contributed by atoms with E-state index in [1.807, 2.05) is 23.6 Å². The Morgan fingerprint density at radius 3 is 2.90 bits per heavy atom. The standard InChI is InChI=1S/C14H17N5S/c1-3-15-11(12-9-20-18-17-12)8-14-16-10-6-4-5-7-13(10)19(14)2/h4-7,9,11,15H,3,8H2,1-2H3. The Kier molecular flexibility index (Phi) is 3.75. The molecule has 0 amide bonds. The van der Waals surface area contributed by atoms with E-state index in [2.05, 4.69) is 39.5 Å². The van der Waals surface area contributed by atoms with E-state index in [4.69, 9.17) is 4.98 Å². The summed E-state index contributed by atoms with van der Waals surface area (Å²) in [6, 6.07) is 8.36. The minimum Gasteiger partial charge on any atom is -0.331 e. The summed E-state index contributed by atoms with van der Waals surface area (Å²) in [6.07, 6.45) is 0.810. The van der Waals surface area contributed by atoms with Crippen molar-refractivity contribution in [3.8, 4) is 0 Å². The highest BCUT2D eigenvalue weighted by Gasteiger charge is 2.17. The first-order valence-corrected chi connectivity index (χ1v) is 7.54. The SMILES string of the molecule is CCNC(Cc1nc2ccccc2n1C)c1csnn1. The molecule has 0 aliphatic carbocycles. The average Bonchev–Trinajstić information content (AvgIpc) is 3.08. The van der Waals surface area contributed by atoms with Gasteiger partial charge in [-0.15, -0.1) is 5.10 Å². The summed E-state index contributed by atoms with van der Waals surface area (Å²) in [6.45, 7) is 2.99. The summed E-state index contributed by atoms with van der Waals surface area (Å²) in [5.74, 6) is 1.06. The van der Waals surface area contributed by atoms with E-state index in [0.717, 1.165) is 35.5 Å². The molecule has 0 saturated heterocycles. The van der Waals surface area contributed by atoms with E-state index in [0.29, 0.717) is 0 Å². The molecule has 0 radical (unpaired) electrons. The zero-order valence-corrected chi connectivity index (χ0v) is 12.4. The van der Waals surface area contributed by atoms with Crippen LogP contribution in [0.2, 0.25) is 0 Å². The van der Waals surface area contributed by atoms with Crippen LogP contribution in [0.4, 0.5) is 0 Å². The maximum absolute atomic E-state index is 4.72. The molecule has 2 heterocycles. The molecule has 3 rings (SSSR count). The van der Waals surface area contributed by atoms with Crippen LogP contribution in [-0.2, 0) is 13.5 Å². The summed E-state index contributed by atoms with van der Waals surface area (Å²) >= 11 is 1.39. The van der Waals surface area contributed by atoms with Gasteiger partial charge in [0.1, 0.15) is 5.82 Å². The van der Waals surface area contributed by atoms with Crippen molar-refractivity contribution in [2.45, 2.75) is 19.4 Å². The van der Waals surface area contributed by atoms with Gasteiger partial charge in [-0.2, -0.15) is 0 Å². The Morgan fingerprint density at radius 1 is 1.35 bits per heavy atom. The van der Waals surface area contributed by atoms with Gasteiger partial charge in [0.2, 0.25) is 0 Å². The van der Waals surface area contributed by atoms with Gasteiger partial charge >= 0.3 is 0 Å². The Labute approximate surface area is 121 Å². The Hall–Kier alpha value is -1.79. The zero-order valence-electron chi connectivity index (χ0n) is 11.6. The number of benzene rings is 1. The summed E-state index contributed by atoms with van der Waals surface area (Å²) in [4.78, 5) is 4.72. The summed E-state index contributed by atoms with van der Waals surface area (Å²) in [5, 5.41) is 9.64. The third-order valence-corrected chi connectivity index (χ3v) is 3.97. The average molecular weight is 287 g/mol. The van der Waals surface area contributed by atoms with Gasteiger partial charge in [0.15, 0.2) is 0 Å². The number of para-hydroxylation sites is 2. The van der Waals surface area contributed by atoms with Gasteiger partial charge in [-0.3, -0.25) is 0 Å². The Bertz CT molecular complexity index is 689. The van der Waals surface area contributed by atoms with Crippen LogP contribution in [-0.4, -0.2) is 25.7 Å². The largest absolute Gasteiger partial charge is 0.331 e. The number of nitrogens with one attached hydrogen (secondary N) is 1. The van der Waals surface area contributed by atoms with Crippen molar-refractivity contribution < 1.29 is 0 Å². The topological polar surface area (TPSA) is 55.6 Å². The fraction of sp³-hybridized carbons (Fsp3) is 0.357. The van der Waals surface area contributed by atoms with Gasteiger partial charge in [-0.1, -0.05) is 23.5 Å². The first kappa shape index (κ1) is 13.2. The van der Waals surface area contributed by atoms with Gasteiger partial charge in [0.05, 0.1) is 22.8 Å². The molecule has 104 valence electrons. The highest BCUT2D eigenvalue weighted by molar-refractivity contribution is 7.03. The number of hydrogen-bond donors (Lipinski definition) is 1. The molecule has 2 aromatic heterocycles. The second-order valence-electron chi connectivity index (χ2n) is 4.72. The summed E-state index contributed by atoms with van der Waals surface area (Å²) in [5.41, 5.74) is 3.19. The number of hydrogen-bond acceptors (Lipinski definition) is 5. The lowest BCUT2D eigenvalue weighted by Gasteiger charge is -2.14. The van der Waals surface area contributed by atoms with E-state index < -0.39 is 0 Å². The van der Waals surface area contributed by atoms with Crippen LogP contribution < -0.4 is 5.32 Å². The van der Waals surface area contributed by atoms with Crippen LogP contribution in [0.5, 0.6) is 0 Å². The fourth-order valence-corrected chi connectivity index (χ4v) is 2.92. The highest BCUT2D eigenvalue weighted by Crippen LogP contribution is 2.20. The Balaban J connectivity index is 1.92. The second kappa shape index (κ2) is 5.68. The molecule has 20 heavy (non-hydrogen) atoms. The molecule has 0 spiro atoms. The monoisotopic (exact) mass is 287 g/mol. The molecule has 0 bridgehead atoms. The van der Waals surface area contributed by atoms with E-state index in [-0.39, 0.29) is 6.04 Å². The van der Waals surface area contributed by atoms with Crippen LogP contribution in [0.1, 0.15) is 24.5 Å². The van der Waals surface area contributed by atoms with E-state index >= 15 is 0 Å². The Morgan fingerprint density at radius 2 is 2.20 bits per heavy atom. The zero-order chi connectivity index (χ0) is 13.9. The molecular formula is C14H17N5S. The lowest BCUT2D eigenvalue weighted by molar-refractivity contribution is 0.518. The molecule has 0 aliphatic heterocycles. The van der Waals surface area contributed by atoms with Gasteiger partial charge in [-0.05, 0) is 30.2 Å². The summed E-state index contributed by atoms with van der Waals surface area (Å²) in [7, 11) is 2.06. The van der Waals surface area contributed by atoms with Crippen LogP contribution in [0.15, 0.2) is 29.6 Å². The van der Waals surface area contributed by atoms with Gasteiger partial charge < -0.3 is 9.88 Å². The maximum atomic E-state index is 4.72. The molecule has 1 N–H and O–H groups in total. The molecule has 1 aromatic carbocycles. The number of rotatable bonds is 5. The lowest BCUT2D eigenvalue weighted by Crippen LogP contribution is -2.24. The molecule has 1 unspecified atom stereocenters. The first-order chi connectivity index (χ1) is 9.79. The van der Waals surface area contributed by atoms with Gasteiger partial charge in [-0.25, -0.2) is 4.98 Å². The number of fused-ring (bicyclic) bond motifs is 1. The van der Waals surface area contributed by atoms with Crippen molar-refractivity contribution in [3.05, 3.63) is 41.2 Å². The molecule has 0 aliphatic rings. The maximum Gasteiger partial charge on any atom is 0.111 e. The third-order valence-electron chi connectivity index (χ3n) is 3.45. The van der Waals surface area contributed by atoms with Crippen LogP contribution in [0.25, 0.3) is 11.0 Å². The minimum absolute atomic E-state index is 0.161. The van der Waals surface area contributed by atoms with E-state index in [9.17, 15) is 0 Å². The lowest BCUT2D eigenvalue weighted by atomic mass is 10.1. The predicted molar refractivity (Wildman–Crippen MR) is 80.7 cm³/mol. The molecule has 6 heteroatoms. The minimum atomic E-state index is 0.161. The van der Waals surface area contributed by atoms with Crippen molar-refractivity contribution in [1.82, 2.24) is 24.5 Å². The molecular weight excluding hydrogens is 270 g/mol. The first-order valence-electron chi connectivity index (χ1n) is 6.70. The number of aromatic nitrogens is 4. The van der Waals surface area contributed by atoms with Crippen molar-refractivity contribution in [2.75, 3.05) is 6.54 Å². The molecule has 3 aromatic rings. The summed E-state index contributed by atoms with van der Waals surface area (Å²) < 4.78 is 6.11. The predicted octanol–water partition coefficient (Wildman–Crippen LogP) is 2.32. The van der Waals surface area contributed by atoms with Crippen LogP contribution in [0.3, 0.4) is 0 Å². The quantitative estimate of drug-likeness (QED) is 0.782. The van der Waals surface area contributed by atoms with E-state index in [1.54, 1.807) is 0 Å². The van der Waals surface area contributed by atoms with Crippen LogP contribution in [0, 0.1) is 0 Å². The van der Waals surface area contributed by atoms with E-state index in [1.165, 1.54) is 11.5 Å². The van der Waals surface area contributed by atoms with Gasteiger partial charge in [0.25, 0.3) is 0 Å². The normalized spacial score (nSPS) is 12.9. The number of nitrogens with zero attached hydrogens (tertiary/aromatic N) is 4. The second-order valence-corrected chi connectivity index (χ2v) is 5.33. The van der Waals surface area contributed by atoms with Crippen molar-refractivity contribution in [1.29, 1.82) is 0 Å². The molecule has 0 saturated carbocycles.